The molecule has 0 radical (unpaired) electrons. The maximum absolute atomic E-state index is 11.9. The van der Waals surface area contributed by atoms with Gasteiger partial charge in [0, 0.05) is 19.1 Å². The fraction of sp³-hybridized carbons (Fsp3) is 0.571. The Hall–Kier alpha value is -0.910. The van der Waals surface area contributed by atoms with Gasteiger partial charge in [0.25, 0.3) is 0 Å². The molecule has 0 aliphatic carbocycles. The quantitative estimate of drug-likeness (QED) is 0.794. The van der Waals surface area contributed by atoms with E-state index in [1.165, 1.54) is 0 Å². The summed E-state index contributed by atoms with van der Waals surface area (Å²) in [4.78, 5) is 0.340. The van der Waals surface area contributed by atoms with Crippen molar-refractivity contribution in [1.29, 1.82) is 0 Å². The van der Waals surface area contributed by atoms with Crippen molar-refractivity contribution in [3.8, 4) is 0 Å². The van der Waals surface area contributed by atoms with Gasteiger partial charge in [-0.1, -0.05) is 12.1 Å². The zero-order valence-corrected chi connectivity index (χ0v) is 12.2. The molecule has 0 saturated heterocycles. The molecule has 0 spiro atoms. The molecule has 0 aliphatic heterocycles. The molecule has 2 N–H and O–H groups in total. The Bertz CT molecular complexity index is 473. The number of benzene rings is 1. The lowest BCUT2D eigenvalue weighted by molar-refractivity contribution is 0.144. The maximum atomic E-state index is 11.9. The molecule has 1 aromatic rings. The Morgan fingerprint density at radius 1 is 1.05 bits per heavy atom. The van der Waals surface area contributed by atoms with Gasteiger partial charge in [-0.05, 0) is 44.4 Å². The zero-order valence-electron chi connectivity index (χ0n) is 11.4. The van der Waals surface area contributed by atoms with Crippen LogP contribution in [0.1, 0.15) is 25.8 Å². The van der Waals surface area contributed by atoms with Crippen LogP contribution < -0.4 is 0 Å². The highest BCUT2D eigenvalue weighted by molar-refractivity contribution is 7.92. The van der Waals surface area contributed by atoms with Crippen LogP contribution in [0.25, 0.3) is 0 Å². The summed E-state index contributed by atoms with van der Waals surface area (Å²) in [6, 6.07) is 6.83. The molecule has 0 unspecified atom stereocenters. The minimum atomic E-state index is -3.21. The smallest absolute Gasteiger partial charge is 0.180 e. The van der Waals surface area contributed by atoms with Gasteiger partial charge < -0.3 is 10.2 Å². The van der Waals surface area contributed by atoms with E-state index in [0.29, 0.717) is 17.7 Å². The second-order valence-corrected chi connectivity index (χ2v) is 7.51. The van der Waals surface area contributed by atoms with Crippen molar-refractivity contribution in [3.05, 3.63) is 29.8 Å². The first kappa shape index (κ1) is 16.1. The molecule has 4 nitrogen and oxygen atoms in total. The van der Waals surface area contributed by atoms with Gasteiger partial charge in [0.1, 0.15) is 0 Å². The van der Waals surface area contributed by atoms with Crippen molar-refractivity contribution in [2.75, 3.05) is 13.2 Å². The van der Waals surface area contributed by atoms with E-state index < -0.39 is 15.1 Å². The van der Waals surface area contributed by atoms with Gasteiger partial charge in [-0.25, -0.2) is 8.42 Å². The summed E-state index contributed by atoms with van der Waals surface area (Å²) in [5.41, 5.74) is 1.01. The van der Waals surface area contributed by atoms with Crippen LogP contribution in [0, 0.1) is 5.92 Å². The van der Waals surface area contributed by atoms with Crippen LogP contribution in [0.4, 0.5) is 0 Å². The Balaban J connectivity index is 2.72. The van der Waals surface area contributed by atoms with Crippen molar-refractivity contribution in [1.82, 2.24) is 0 Å². The number of rotatable bonds is 7. The number of sulfone groups is 1. The standard InChI is InChI=1S/C14H22O4S/c1-11(2)19(17,18)14-7-5-12(6-8-14)3-4-13(9-15)10-16/h5-8,11,13,15-16H,3-4,9-10H2,1-2H3. The molecule has 0 bridgehead atoms. The first-order valence-corrected chi connectivity index (χ1v) is 8.01. The summed E-state index contributed by atoms with van der Waals surface area (Å²) in [5, 5.41) is 17.5. The summed E-state index contributed by atoms with van der Waals surface area (Å²) in [6.45, 7) is 3.26. The molecule has 0 saturated carbocycles. The summed E-state index contributed by atoms with van der Waals surface area (Å²) in [7, 11) is -3.21. The predicted molar refractivity (Wildman–Crippen MR) is 74.7 cm³/mol. The van der Waals surface area contributed by atoms with Gasteiger partial charge in [0.2, 0.25) is 0 Å². The number of hydrogen-bond acceptors (Lipinski definition) is 4. The van der Waals surface area contributed by atoms with Gasteiger partial charge in [0.05, 0.1) is 10.1 Å². The van der Waals surface area contributed by atoms with E-state index in [2.05, 4.69) is 0 Å². The van der Waals surface area contributed by atoms with E-state index >= 15 is 0 Å². The highest BCUT2D eigenvalue weighted by Crippen LogP contribution is 2.18. The molecule has 19 heavy (non-hydrogen) atoms. The molecule has 0 fully saturated rings. The molecule has 5 heteroatoms. The second kappa shape index (κ2) is 7.03. The van der Waals surface area contributed by atoms with Crippen LogP contribution >= 0.6 is 0 Å². The average molecular weight is 286 g/mol. The SMILES string of the molecule is CC(C)S(=O)(=O)c1ccc(CCC(CO)CO)cc1. The molecular formula is C14H22O4S. The Morgan fingerprint density at radius 2 is 1.58 bits per heavy atom. The van der Waals surface area contributed by atoms with Gasteiger partial charge in [-0.3, -0.25) is 0 Å². The molecule has 1 aromatic carbocycles. The highest BCUT2D eigenvalue weighted by atomic mass is 32.2. The Labute approximate surface area is 115 Å². The largest absolute Gasteiger partial charge is 0.396 e. The third-order valence-corrected chi connectivity index (χ3v) is 5.40. The Kier molecular flexibility index (Phi) is 5.97. The minimum absolute atomic E-state index is 0.0314. The van der Waals surface area contributed by atoms with Crippen molar-refractivity contribution in [3.63, 3.8) is 0 Å². The van der Waals surface area contributed by atoms with Gasteiger partial charge >= 0.3 is 0 Å². The van der Waals surface area contributed by atoms with Crippen molar-refractivity contribution in [2.45, 2.75) is 36.8 Å². The molecule has 0 amide bonds. The average Bonchev–Trinajstić information content (AvgIpc) is 2.40. The topological polar surface area (TPSA) is 74.6 Å². The third-order valence-electron chi connectivity index (χ3n) is 3.23. The van der Waals surface area contributed by atoms with Crippen LogP contribution in [0.15, 0.2) is 29.2 Å². The number of aliphatic hydroxyl groups is 2. The maximum Gasteiger partial charge on any atom is 0.180 e. The van der Waals surface area contributed by atoms with E-state index in [0.717, 1.165) is 5.56 Å². The molecule has 0 aliphatic rings. The number of aliphatic hydroxyl groups excluding tert-OH is 2. The summed E-state index contributed by atoms with van der Waals surface area (Å²) in [6.07, 6.45) is 1.40. The second-order valence-electron chi connectivity index (χ2n) is 5.01. The fourth-order valence-electron chi connectivity index (χ4n) is 1.73. The van der Waals surface area contributed by atoms with Crippen LogP contribution in [0.2, 0.25) is 0 Å². The molecule has 0 heterocycles. The Morgan fingerprint density at radius 3 is 2.00 bits per heavy atom. The lowest BCUT2D eigenvalue weighted by atomic mass is 10.0. The normalized spacial score (nSPS) is 12.3. The minimum Gasteiger partial charge on any atom is -0.396 e. The van der Waals surface area contributed by atoms with E-state index in [-0.39, 0.29) is 19.1 Å². The first-order valence-electron chi connectivity index (χ1n) is 6.46. The van der Waals surface area contributed by atoms with Crippen molar-refractivity contribution >= 4 is 9.84 Å². The monoisotopic (exact) mass is 286 g/mol. The first-order chi connectivity index (χ1) is 8.91. The summed E-state index contributed by atoms with van der Waals surface area (Å²) >= 11 is 0. The van der Waals surface area contributed by atoms with Crippen molar-refractivity contribution in [2.24, 2.45) is 5.92 Å². The van der Waals surface area contributed by atoms with E-state index in [9.17, 15) is 8.42 Å². The zero-order chi connectivity index (χ0) is 14.5. The third kappa shape index (κ3) is 4.30. The van der Waals surface area contributed by atoms with Crippen LogP contribution in [0.3, 0.4) is 0 Å². The lowest BCUT2D eigenvalue weighted by Gasteiger charge is -2.11. The predicted octanol–water partition coefficient (Wildman–Crippen LogP) is 1.40. The van der Waals surface area contributed by atoms with E-state index in [4.69, 9.17) is 10.2 Å². The van der Waals surface area contributed by atoms with Crippen LogP contribution in [-0.2, 0) is 16.3 Å². The molecule has 0 aromatic heterocycles. The number of aryl methyl sites for hydroxylation is 1. The van der Waals surface area contributed by atoms with Gasteiger partial charge in [-0.15, -0.1) is 0 Å². The lowest BCUT2D eigenvalue weighted by Crippen LogP contribution is -2.14. The van der Waals surface area contributed by atoms with E-state index in [1.54, 1.807) is 38.1 Å². The molecule has 108 valence electrons. The highest BCUT2D eigenvalue weighted by Gasteiger charge is 2.18. The van der Waals surface area contributed by atoms with Gasteiger partial charge in [-0.2, -0.15) is 0 Å². The summed E-state index contributed by atoms with van der Waals surface area (Å²) < 4.78 is 23.9. The summed E-state index contributed by atoms with van der Waals surface area (Å²) in [5.74, 6) is -0.112. The van der Waals surface area contributed by atoms with Gasteiger partial charge in [0.15, 0.2) is 9.84 Å². The molecule has 0 atom stereocenters. The van der Waals surface area contributed by atoms with Crippen LogP contribution in [-0.4, -0.2) is 37.1 Å². The van der Waals surface area contributed by atoms with E-state index in [1.807, 2.05) is 0 Å². The molecular weight excluding hydrogens is 264 g/mol. The molecule has 1 rings (SSSR count). The van der Waals surface area contributed by atoms with Crippen molar-refractivity contribution < 1.29 is 18.6 Å². The van der Waals surface area contributed by atoms with Crippen LogP contribution in [0.5, 0.6) is 0 Å². The fourth-order valence-corrected chi connectivity index (χ4v) is 2.79. The number of hydrogen-bond donors (Lipinski definition) is 2.